The Labute approximate surface area is 126 Å². The van der Waals surface area contributed by atoms with Crippen molar-refractivity contribution in [1.82, 2.24) is 4.31 Å². The molecule has 0 aliphatic carbocycles. The van der Waals surface area contributed by atoms with Crippen molar-refractivity contribution >= 4 is 21.6 Å². The summed E-state index contributed by atoms with van der Waals surface area (Å²) in [6.45, 7) is -0.406. The third-order valence-corrected chi connectivity index (χ3v) is 5.71. The first-order chi connectivity index (χ1) is 9.75. The first-order valence-electron chi connectivity index (χ1n) is 6.47. The van der Waals surface area contributed by atoms with Gasteiger partial charge in [-0.05, 0) is 30.5 Å². The number of benzene rings is 1. The topological polar surface area (TPSA) is 37.4 Å². The Balaban J connectivity index is 2.26. The molecule has 0 N–H and O–H groups in total. The third-order valence-electron chi connectivity index (χ3n) is 3.54. The lowest BCUT2D eigenvalue weighted by molar-refractivity contribution is -0.182. The Bertz CT molecular complexity index is 604. The van der Waals surface area contributed by atoms with E-state index in [0.29, 0.717) is 5.56 Å². The molecule has 0 amide bonds. The summed E-state index contributed by atoms with van der Waals surface area (Å²) in [5, 5.41) is 0. The van der Waals surface area contributed by atoms with E-state index in [1.807, 2.05) is 0 Å². The van der Waals surface area contributed by atoms with E-state index < -0.39 is 28.7 Å². The summed E-state index contributed by atoms with van der Waals surface area (Å²) in [5.41, 5.74) is 0.613. The van der Waals surface area contributed by atoms with E-state index in [1.54, 1.807) is 6.07 Å². The second kappa shape index (κ2) is 6.14. The summed E-state index contributed by atoms with van der Waals surface area (Å²) in [6.07, 6.45) is -4.19. The number of piperidine rings is 1. The standard InChI is InChI=1S/C13H15ClF3NO2S/c14-8-10-3-1-5-12(7-10)21(19,20)18-6-2-4-11(9-18)13(15,16)17/h1,3,5,7,11H,2,4,6,8-9H2. The maximum Gasteiger partial charge on any atom is 0.393 e. The number of nitrogens with zero attached hydrogens (tertiary/aromatic N) is 1. The van der Waals surface area contributed by atoms with Crippen molar-refractivity contribution in [2.75, 3.05) is 13.1 Å². The molecule has 0 aromatic heterocycles. The Morgan fingerprint density at radius 2 is 2.05 bits per heavy atom. The van der Waals surface area contributed by atoms with Gasteiger partial charge in [0, 0.05) is 19.0 Å². The second-order valence-corrected chi connectivity index (χ2v) is 7.23. The molecule has 8 heteroatoms. The van der Waals surface area contributed by atoms with Gasteiger partial charge < -0.3 is 0 Å². The molecule has 1 aromatic rings. The predicted octanol–water partition coefficient (Wildman–Crippen LogP) is 3.39. The molecular formula is C13H15ClF3NO2S. The first kappa shape index (κ1) is 16.6. The Morgan fingerprint density at radius 1 is 1.33 bits per heavy atom. The Hall–Kier alpha value is -0.790. The fourth-order valence-corrected chi connectivity index (χ4v) is 4.13. The largest absolute Gasteiger partial charge is 0.393 e. The second-order valence-electron chi connectivity index (χ2n) is 5.02. The van der Waals surface area contributed by atoms with E-state index in [0.717, 1.165) is 4.31 Å². The molecule has 21 heavy (non-hydrogen) atoms. The minimum Gasteiger partial charge on any atom is -0.207 e. The van der Waals surface area contributed by atoms with Gasteiger partial charge in [-0.15, -0.1) is 11.6 Å². The highest BCUT2D eigenvalue weighted by Crippen LogP contribution is 2.35. The number of hydrogen-bond donors (Lipinski definition) is 0. The number of alkyl halides is 4. The van der Waals surface area contributed by atoms with Gasteiger partial charge >= 0.3 is 6.18 Å². The van der Waals surface area contributed by atoms with E-state index in [4.69, 9.17) is 11.6 Å². The molecule has 1 unspecified atom stereocenters. The lowest BCUT2D eigenvalue weighted by atomic mass is 9.99. The molecule has 1 aliphatic heterocycles. The molecule has 1 fully saturated rings. The summed E-state index contributed by atoms with van der Waals surface area (Å²) in [4.78, 5) is -0.0107. The highest BCUT2D eigenvalue weighted by Gasteiger charge is 2.44. The van der Waals surface area contributed by atoms with E-state index >= 15 is 0 Å². The van der Waals surface area contributed by atoms with Crippen molar-refractivity contribution in [3.8, 4) is 0 Å². The highest BCUT2D eigenvalue weighted by atomic mass is 35.5. The molecule has 0 saturated carbocycles. The van der Waals surface area contributed by atoms with Crippen LogP contribution in [0.5, 0.6) is 0 Å². The van der Waals surface area contributed by atoms with Gasteiger partial charge in [0.15, 0.2) is 0 Å². The van der Waals surface area contributed by atoms with E-state index in [2.05, 4.69) is 0 Å². The lowest BCUT2D eigenvalue weighted by Gasteiger charge is -2.32. The molecule has 0 radical (unpaired) electrons. The van der Waals surface area contributed by atoms with E-state index in [1.165, 1.54) is 18.2 Å². The molecule has 1 saturated heterocycles. The fourth-order valence-electron chi connectivity index (χ4n) is 2.37. The summed E-state index contributed by atoms with van der Waals surface area (Å²) >= 11 is 5.66. The number of sulfonamides is 1. The van der Waals surface area contributed by atoms with Crippen molar-refractivity contribution in [2.45, 2.75) is 29.8 Å². The van der Waals surface area contributed by atoms with Gasteiger partial charge in [0.05, 0.1) is 10.8 Å². The summed E-state index contributed by atoms with van der Waals surface area (Å²) in [6, 6.07) is 5.98. The van der Waals surface area contributed by atoms with Crippen LogP contribution in [0.1, 0.15) is 18.4 Å². The first-order valence-corrected chi connectivity index (χ1v) is 8.44. The average molecular weight is 342 g/mol. The van der Waals surface area contributed by atoms with Gasteiger partial charge in [-0.2, -0.15) is 17.5 Å². The molecule has 3 nitrogen and oxygen atoms in total. The third kappa shape index (κ3) is 3.70. The molecule has 1 atom stereocenters. The Morgan fingerprint density at radius 3 is 2.67 bits per heavy atom. The number of rotatable bonds is 3. The maximum atomic E-state index is 12.8. The van der Waals surface area contributed by atoms with Crippen molar-refractivity contribution < 1.29 is 21.6 Å². The highest BCUT2D eigenvalue weighted by molar-refractivity contribution is 7.89. The van der Waals surface area contributed by atoms with Gasteiger partial charge in [-0.3, -0.25) is 0 Å². The average Bonchev–Trinajstić information content (AvgIpc) is 2.46. The minimum atomic E-state index is -4.37. The van der Waals surface area contributed by atoms with Gasteiger partial charge in [0.1, 0.15) is 0 Å². The van der Waals surface area contributed by atoms with Crippen LogP contribution in [-0.2, 0) is 15.9 Å². The van der Waals surface area contributed by atoms with Crippen molar-refractivity contribution in [1.29, 1.82) is 0 Å². The summed E-state index contributed by atoms with van der Waals surface area (Å²) in [5.74, 6) is -1.45. The normalized spacial score (nSPS) is 21.4. The molecule has 0 spiro atoms. The molecule has 1 aromatic carbocycles. The van der Waals surface area contributed by atoms with Crippen molar-refractivity contribution in [3.63, 3.8) is 0 Å². The Kier molecular flexibility index (Phi) is 4.85. The van der Waals surface area contributed by atoms with Gasteiger partial charge in [0.25, 0.3) is 0 Å². The smallest absolute Gasteiger partial charge is 0.207 e. The molecule has 1 aliphatic rings. The summed E-state index contributed by atoms with van der Waals surface area (Å²) < 4.78 is 64.2. The molecule has 0 bridgehead atoms. The zero-order chi connectivity index (χ0) is 15.7. The van der Waals surface area contributed by atoms with Gasteiger partial charge in [0.2, 0.25) is 10.0 Å². The number of halogens is 4. The lowest BCUT2D eigenvalue weighted by Crippen LogP contribution is -2.44. The zero-order valence-electron chi connectivity index (χ0n) is 11.1. The monoisotopic (exact) mass is 341 g/mol. The minimum absolute atomic E-state index is 0.0107. The van der Waals surface area contributed by atoms with E-state index in [-0.39, 0.29) is 30.2 Å². The van der Waals surface area contributed by atoms with Gasteiger partial charge in [-0.25, -0.2) is 8.42 Å². The predicted molar refractivity (Wildman–Crippen MR) is 73.5 cm³/mol. The van der Waals surface area contributed by atoms with Crippen LogP contribution in [0.4, 0.5) is 13.2 Å². The van der Waals surface area contributed by atoms with Gasteiger partial charge in [-0.1, -0.05) is 12.1 Å². The van der Waals surface area contributed by atoms with Crippen LogP contribution >= 0.6 is 11.6 Å². The fraction of sp³-hybridized carbons (Fsp3) is 0.538. The van der Waals surface area contributed by atoms with Crippen LogP contribution in [0.15, 0.2) is 29.2 Å². The molecule has 118 valence electrons. The van der Waals surface area contributed by atoms with Crippen LogP contribution in [0.25, 0.3) is 0 Å². The van der Waals surface area contributed by atoms with Crippen LogP contribution in [0.2, 0.25) is 0 Å². The molecule has 2 rings (SSSR count). The number of hydrogen-bond acceptors (Lipinski definition) is 2. The van der Waals surface area contributed by atoms with Crippen LogP contribution < -0.4 is 0 Å². The van der Waals surface area contributed by atoms with Crippen molar-refractivity contribution in [3.05, 3.63) is 29.8 Å². The quantitative estimate of drug-likeness (QED) is 0.790. The summed E-state index contributed by atoms with van der Waals surface area (Å²) in [7, 11) is -3.91. The zero-order valence-corrected chi connectivity index (χ0v) is 12.7. The van der Waals surface area contributed by atoms with Crippen molar-refractivity contribution in [2.24, 2.45) is 5.92 Å². The maximum absolute atomic E-state index is 12.8. The SMILES string of the molecule is O=S(=O)(c1cccc(CCl)c1)N1CCCC(C(F)(F)F)C1. The van der Waals surface area contributed by atoms with Crippen LogP contribution in [0, 0.1) is 5.92 Å². The molecular weight excluding hydrogens is 327 g/mol. The van der Waals surface area contributed by atoms with Crippen LogP contribution in [0.3, 0.4) is 0 Å². The van der Waals surface area contributed by atoms with E-state index in [9.17, 15) is 21.6 Å². The van der Waals surface area contributed by atoms with Crippen LogP contribution in [-0.4, -0.2) is 32.0 Å². The molecule has 1 heterocycles.